The van der Waals surface area contributed by atoms with Gasteiger partial charge in [0.05, 0.1) is 12.7 Å². The van der Waals surface area contributed by atoms with Crippen LogP contribution in [0.15, 0.2) is 46.9 Å². The summed E-state index contributed by atoms with van der Waals surface area (Å²) in [5.41, 5.74) is 2.17. The number of carbonyl (C=O) groups excluding carboxylic acids is 2. The van der Waals surface area contributed by atoms with E-state index >= 15 is 0 Å². The Bertz CT molecular complexity index is 1170. The van der Waals surface area contributed by atoms with Gasteiger partial charge in [-0.2, -0.15) is 4.98 Å². The molecule has 1 aliphatic rings. The number of amides is 1. The van der Waals surface area contributed by atoms with Crippen LogP contribution in [0.1, 0.15) is 55.8 Å². The zero-order chi connectivity index (χ0) is 25.5. The number of anilines is 2. The summed E-state index contributed by atoms with van der Waals surface area (Å²) in [7, 11) is 1.32. The number of aromatic nitrogens is 1. The second-order valence-electron chi connectivity index (χ2n) is 9.43. The van der Waals surface area contributed by atoms with E-state index in [1.165, 1.54) is 38.5 Å². The van der Waals surface area contributed by atoms with E-state index < -0.39 is 12.0 Å². The van der Waals surface area contributed by atoms with Crippen LogP contribution in [0.5, 0.6) is 0 Å². The van der Waals surface area contributed by atoms with E-state index in [4.69, 9.17) is 9.15 Å². The monoisotopic (exact) mass is 496 g/mol. The molecule has 1 aliphatic carbocycles. The maximum atomic E-state index is 13.3. The van der Waals surface area contributed by atoms with Crippen LogP contribution in [0.25, 0.3) is 11.1 Å². The molecule has 8 nitrogen and oxygen atoms in total. The molecular formula is C27H33FN4O4. The van der Waals surface area contributed by atoms with E-state index in [1.54, 1.807) is 30.3 Å². The van der Waals surface area contributed by atoms with E-state index in [-0.39, 0.29) is 23.8 Å². The molecule has 2 aromatic carbocycles. The minimum absolute atomic E-state index is 0.133. The SMILES string of the molecule is COC(=O)c1ccc2nc(N[C@@H](CC3CCCCC3)C(=O)N[C@@H](C)CNc3ccc(F)cc3)oc2c1. The first-order valence-corrected chi connectivity index (χ1v) is 12.5. The first-order chi connectivity index (χ1) is 17.4. The van der Waals surface area contributed by atoms with E-state index in [0.717, 1.165) is 18.5 Å². The molecule has 0 bridgehead atoms. The fourth-order valence-corrected chi connectivity index (χ4v) is 4.60. The second kappa shape index (κ2) is 11.9. The van der Waals surface area contributed by atoms with Crippen molar-refractivity contribution in [1.29, 1.82) is 0 Å². The summed E-state index contributed by atoms with van der Waals surface area (Å²) in [6, 6.07) is 10.6. The molecule has 0 unspecified atom stereocenters. The maximum absolute atomic E-state index is 13.3. The van der Waals surface area contributed by atoms with Crippen LogP contribution in [-0.2, 0) is 9.53 Å². The highest BCUT2D eigenvalue weighted by Gasteiger charge is 2.27. The molecule has 1 heterocycles. The highest BCUT2D eigenvalue weighted by atomic mass is 19.1. The van der Waals surface area contributed by atoms with Crippen molar-refractivity contribution in [3.05, 3.63) is 53.8 Å². The summed E-state index contributed by atoms with van der Waals surface area (Å²) in [5, 5.41) is 9.48. The fourth-order valence-electron chi connectivity index (χ4n) is 4.60. The van der Waals surface area contributed by atoms with Crippen molar-refractivity contribution in [2.75, 3.05) is 24.3 Å². The number of hydrogen-bond donors (Lipinski definition) is 3. The third kappa shape index (κ3) is 6.74. The van der Waals surface area contributed by atoms with Crippen molar-refractivity contribution in [3.8, 4) is 0 Å². The molecule has 3 aromatic rings. The lowest BCUT2D eigenvalue weighted by Gasteiger charge is -2.27. The van der Waals surface area contributed by atoms with E-state index in [1.807, 2.05) is 6.92 Å². The number of nitrogens with zero attached hydrogens (tertiary/aromatic N) is 1. The molecule has 36 heavy (non-hydrogen) atoms. The number of ether oxygens (including phenoxy) is 1. The van der Waals surface area contributed by atoms with Crippen LogP contribution >= 0.6 is 0 Å². The van der Waals surface area contributed by atoms with Gasteiger partial charge >= 0.3 is 5.97 Å². The molecule has 1 aromatic heterocycles. The number of halogens is 1. The van der Waals surface area contributed by atoms with Crippen molar-refractivity contribution < 1.29 is 23.1 Å². The van der Waals surface area contributed by atoms with Gasteiger partial charge in [-0.3, -0.25) is 4.79 Å². The topological polar surface area (TPSA) is 105 Å². The molecule has 2 atom stereocenters. The van der Waals surface area contributed by atoms with Crippen LogP contribution in [0.4, 0.5) is 16.1 Å². The van der Waals surface area contributed by atoms with Crippen LogP contribution < -0.4 is 16.0 Å². The standard InChI is InChI=1S/C27H33FN4O4/c1-17(16-29-21-11-9-20(28)10-12-21)30-25(33)23(14-18-6-4-3-5-7-18)32-27-31-22-13-8-19(26(34)35-2)15-24(22)36-27/h8-13,15,17-18,23,29H,3-7,14,16H2,1-2H3,(H,30,33)(H,31,32)/t17-,23-/m0/s1. The van der Waals surface area contributed by atoms with Gasteiger partial charge in [-0.1, -0.05) is 32.1 Å². The van der Waals surface area contributed by atoms with Crippen LogP contribution in [0, 0.1) is 11.7 Å². The number of fused-ring (bicyclic) bond motifs is 1. The molecule has 192 valence electrons. The molecule has 0 saturated heterocycles. The molecule has 0 spiro atoms. The smallest absolute Gasteiger partial charge is 0.337 e. The molecule has 0 radical (unpaired) electrons. The van der Waals surface area contributed by atoms with Gasteiger partial charge < -0.3 is 25.1 Å². The molecule has 1 saturated carbocycles. The molecule has 3 N–H and O–H groups in total. The maximum Gasteiger partial charge on any atom is 0.337 e. The lowest BCUT2D eigenvalue weighted by Crippen LogP contribution is -2.46. The summed E-state index contributed by atoms with van der Waals surface area (Å²) in [6.07, 6.45) is 6.47. The lowest BCUT2D eigenvalue weighted by molar-refractivity contribution is -0.122. The van der Waals surface area contributed by atoms with Gasteiger partial charge in [0.15, 0.2) is 5.58 Å². The fraction of sp³-hybridized carbons (Fsp3) is 0.444. The van der Waals surface area contributed by atoms with E-state index in [2.05, 4.69) is 20.9 Å². The van der Waals surface area contributed by atoms with Crippen molar-refractivity contribution in [2.45, 2.75) is 57.5 Å². The van der Waals surface area contributed by atoms with Gasteiger partial charge in [-0.25, -0.2) is 9.18 Å². The van der Waals surface area contributed by atoms with E-state index in [9.17, 15) is 14.0 Å². The number of rotatable bonds is 10. The van der Waals surface area contributed by atoms with Crippen LogP contribution in [0.3, 0.4) is 0 Å². The quantitative estimate of drug-likeness (QED) is 0.335. The minimum atomic E-state index is -0.519. The third-order valence-electron chi connectivity index (χ3n) is 6.56. The highest BCUT2D eigenvalue weighted by Crippen LogP contribution is 2.29. The largest absolute Gasteiger partial charge is 0.465 e. The molecule has 0 aliphatic heterocycles. The Morgan fingerprint density at radius 3 is 2.61 bits per heavy atom. The summed E-state index contributed by atoms with van der Waals surface area (Å²) in [6.45, 7) is 2.41. The summed E-state index contributed by atoms with van der Waals surface area (Å²) in [5.74, 6) is -0.434. The number of nitrogens with one attached hydrogen (secondary N) is 3. The predicted octanol–water partition coefficient (Wildman–Crippen LogP) is 5.12. The number of esters is 1. The Balaban J connectivity index is 1.43. The van der Waals surface area contributed by atoms with Crippen molar-refractivity contribution in [2.24, 2.45) is 5.92 Å². The van der Waals surface area contributed by atoms with Gasteiger partial charge in [0.2, 0.25) is 5.91 Å². The zero-order valence-electron chi connectivity index (χ0n) is 20.7. The molecule has 1 fully saturated rings. The number of methoxy groups -OCH3 is 1. The van der Waals surface area contributed by atoms with Crippen LogP contribution in [0.2, 0.25) is 0 Å². The van der Waals surface area contributed by atoms with Gasteiger partial charge in [-0.15, -0.1) is 0 Å². The summed E-state index contributed by atoms with van der Waals surface area (Å²) in [4.78, 5) is 29.6. The summed E-state index contributed by atoms with van der Waals surface area (Å²) < 4.78 is 23.7. The number of benzene rings is 2. The first kappa shape index (κ1) is 25.5. The molecular weight excluding hydrogens is 463 g/mol. The van der Waals surface area contributed by atoms with Gasteiger partial charge in [-0.05, 0) is 61.7 Å². The molecule has 9 heteroatoms. The average Bonchev–Trinajstić information content (AvgIpc) is 3.29. The predicted molar refractivity (Wildman–Crippen MR) is 136 cm³/mol. The lowest BCUT2D eigenvalue weighted by atomic mass is 9.84. The number of oxazole rings is 1. The molecule has 1 amide bonds. The molecule has 4 rings (SSSR count). The highest BCUT2D eigenvalue weighted by molar-refractivity contribution is 5.93. The van der Waals surface area contributed by atoms with Crippen molar-refractivity contribution in [3.63, 3.8) is 0 Å². The van der Waals surface area contributed by atoms with Crippen LogP contribution in [-0.4, -0.2) is 42.6 Å². The van der Waals surface area contributed by atoms with Crippen molar-refractivity contribution >= 4 is 34.7 Å². The Morgan fingerprint density at radius 1 is 1.14 bits per heavy atom. The van der Waals surface area contributed by atoms with Gasteiger partial charge in [0.25, 0.3) is 6.01 Å². The zero-order valence-corrected chi connectivity index (χ0v) is 20.7. The van der Waals surface area contributed by atoms with Gasteiger partial charge in [0, 0.05) is 18.3 Å². The second-order valence-corrected chi connectivity index (χ2v) is 9.43. The Morgan fingerprint density at radius 2 is 1.89 bits per heavy atom. The Labute approximate surface area is 210 Å². The average molecular weight is 497 g/mol. The minimum Gasteiger partial charge on any atom is -0.465 e. The van der Waals surface area contributed by atoms with Gasteiger partial charge in [0.1, 0.15) is 17.4 Å². The number of hydrogen-bond acceptors (Lipinski definition) is 7. The van der Waals surface area contributed by atoms with Crippen molar-refractivity contribution in [1.82, 2.24) is 10.3 Å². The Kier molecular flexibility index (Phi) is 8.40. The Hall–Kier alpha value is -3.62. The first-order valence-electron chi connectivity index (χ1n) is 12.5. The number of carbonyl (C=O) groups is 2. The van der Waals surface area contributed by atoms with E-state index in [0.29, 0.717) is 35.5 Å². The normalized spacial score (nSPS) is 15.8. The third-order valence-corrected chi connectivity index (χ3v) is 6.56. The summed E-state index contributed by atoms with van der Waals surface area (Å²) >= 11 is 0.